The quantitative estimate of drug-likeness (QED) is 0.320. The zero-order chi connectivity index (χ0) is 21.2. The van der Waals surface area contributed by atoms with Crippen LogP contribution < -0.4 is 4.74 Å². The summed E-state index contributed by atoms with van der Waals surface area (Å²) in [6.07, 6.45) is 1.27. The highest BCUT2D eigenvalue weighted by atomic mass is 16.6. The van der Waals surface area contributed by atoms with Crippen LogP contribution in [0.1, 0.15) is 31.6 Å². The maximum Gasteiger partial charge on any atom is 0.181 e. The van der Waals surface area contributed by atoms with E-state index in [1.807, 2.05) is 36.4 Å². The van der Waals surface area contributed by atoms with Gasteiger partial charge in [0, 0.05) is 12.7 Å². The van der Waals surface area contributed by atoms with E-state index < -0.39 is 6.29 Å². The zero-order valence-corrected chi connectivity index (χ0v) is 17.7. The van der Waals surface area contributed by atoms with Crippen LogP contribution in [0.15, 0.2) is 72.8 Å². The minimum atomic E-state index is -0.939. The summed E-state index contributed by atoms with van der Waals surface area (Å²) >= 11 is 0. The second kappa shape index (κ2) is 11.5. The van der Waals surface area contributed by atoms with E-state index in [1.54, 1.807) is 7.11 Å². The third kappa shape index (κ3) is 6.17. The third-order valence-corrected chi connectivity index (χ3v) is 4.93. The van der Waals surface area contributed by atoms with Gasteiger partial charge in [-0.25, -0.2) is 0 Å². The van der Waals surface area contributed by atoms with Crippen molar-refractivity contribution >= 4 is 0 Å². The first kappa shape index (κ1) is 22.0. The van der Waals surface area contributed by atoms with Gasteiger partial charge in [-0.3, -0.25) is 0 Å². The summed E-state index contributed by atoms with van der Waals surface area (Å²) < 4.78 is 16.0. The highest BCUT2D eigenvalue weighted by molar-refractivity contribution is 5.70. The number of ether oxygens (including phenoxy) is 3. The molecule has 0 aliphatic carbocycles. The fourth-order valence-electron chi connectivity index (χ4n) is 3.11. The molecule has 0 aliphatic heterocycles. The van der Waals surface area contributed by atoms with E-state index in [1.165, 1.54) is 0 Å². The van der Waals surface area contributed by atoms with Crippen LogP contribution in [-0.4, -0.2) is 32.0 Å². The molecule has 3 aromatic carbocycles. The molecule has 1 unspecified atom stereocenters. The molecule has 0 spiro atoms. The molecule has 1 N–H and O–H groups in total. The van der Waals surface area contributed by atoms with Gasteiger partial charge in [0.25, 0.3) is 0 Å². The Morgan fingerprint density at radius 1 is 0.700 bits per heavy atom. The van der Waals surface area contributed by atoms with Gasteiger partial charge in [0.15, 0.2) is 6.29 Å². The Kier molecular flexibility index (Phi) is 8.45. The van der Waals surface area contributed by atoms with Gasteiger partial charge >= 0.3 is 0 Å². The molecule has 0 amide bonds. The number of benzene rings is 3. The van der Waals surface area contributed by atoms with E-state index in [0.717, 1.165) is 53.0 Å². The van der Waals surface area contributed by atoms with Crippen molar-refractivity contribution in [1.82, 2.24) is 0 Å². The lowest BCUT2D eigenvalue weighted by Crippen LogP contribution is -2.08. The van der Waals surface area contributed by atoms with Gasteiger partial charge in [-0.1, -0.05) is 74.0 Å². The van der Waals surface area contributed by atoms with Crippen molar-refractivity contribution in [3.63, 3.8) is 0 Å². The van der Waals surface area contributed by atoms with Crippen molar-refractivity contribution in [3.05, 3.63) is 78.4 Å². The second-order valence-electron chi connectivity index (χ2n) is 7.14. The summed E-state index contributed by atoms with van der Waals surface area (Å²) in [6.45, 7) is 3.73. The first-order chi connectivity index (χ1) is 14.7. The number of aliphatic hydroxyl groups excluding tert-OH is 1. The summed E-state index contributed by atoms with van der Waals surface area (Å²) in [5, 5.41) is 10.1. The largest absolute Gasteiger partial charge is 0.494 e. The smallest absolute Gasteiger partial charge is 0.181 e. The molecule has 3 rings (SSSR count). The Labute approximate surface area is 179 Å². The topological polar surface area (TPSA) is 47.9 Å². The summed E-state index contributed by atoms with van der Waals surface area (Å²) in [5.41, 5.74) is 5.27. The van der Waals surface area contributed by atoms with Gasteiger partial charge in [-0.05, 0) is 40.8 Å². The maximum absolute atomic E-state index is 10.1. The molecule has 0 saturated carbocycles. The number of unbranched alkanes of at least 4 members (excludes halogenated alkanes) is 1. The molecule has 0 radical (unpaired) electrons. The molecule has 0 saturated heterocycles. The van der Waals surface area contributed by atoms with Gasteiger partial charge < -0.3 is 19.3 Å². The van der Waals surface area contributed by atoms with Crippen molar-refractivity contribution < 1.29 is 19.3 Å². The standard InChI is InChI=1S/C26H30O4/c1-3-4-17-29-25-15-13-23(14-16-25)21-7-5-20(6-8-21)22-9-11-24(12-10-22)26(27)30-19-18-28-2/h5-16,26-27H,3-4,17-19H2,1-2H3. The molecule has 4 heteroatoms. The predicted octanol–water partition coefficient (Wildman–Crippen LogP) is 5.85. The predicted molar refractivity (Wildman–Crippen MR) is 121 cm³/mol. The average molecular weight is 407 g/mol. The molecule has 1 atom stereocenters. The van der Waals surface area contributed by atoms with Gasteiger partial charge in [0.1, 0.15) is 5.75 Å². The van der Waals surface area contributed by atoms with Gasteiger partial charge in [0.05, 0.1) is 19.8 Å². The van der Waals surface area contributed by atoms with Crippen LogP contribution >= 0.6 is 0 Å². The van der Waals surface area contributed by atoms with Gasteiger partial charge in [-0.15, -0.1) is 0 Å². The van der Waals surface area contributed by atoms with E-state index in [2.05, 4.69) is 43.3 Å². The Morgan fingerprint density at radius 3 is 1.70 bits per heavy atom. The minimum absolute atomic E-state index is 0.354. The van der Waals surface area contributed by atoms with E-state index in [-0.39, 0.29) is 0 Å². The Hall–Kier alpha value is -2.66. The number of hydrogen-bond acceptors (Lipinski definition) is 4. The van der Waals surface area contributed by atoms with Crippen LogP contribution in [0.4, 0.5) is 0 Å². The van der Waals surface area contributed by atoms with Crippen LogP contribution in [0.3, 0.4) is 0 Å². The molecule has 0 bridgehead atoms. The molecule has 0 aliphatic rings. The SMILES string of the molecule is CCCCOc1ccc(-c2ccc(-c3ccc(C(O)OCCOC)cc3)cc2)cc1. The lowest BCUT2D eigenvalue weighted by Gasteiger charge is -2.13. The molecule has 158 valence electrons. The molecule has 0 fully saturated rings. The fraction of sp³-hybridized carbons (Fsp3) is 0.308. The van der Waals surface area contributed by atoms with E-state index >= 15 is 0 Å². The third-order valence-electron chi connectivity index (χ3n) is 4.93. The second-order valence-corrected chi connectivity index (χ2v) is 7.14. The zero-order valence-electron chi connectivity index (χ0n) is 17.7. The number of methoxy groups -OCH3 is 1. The van der Waals surface area contributed by atoms with E-state index in [9.17, 15) is 5.11 Å². The van der Waals surface area contributed by atoms with Crippen molar-refractivity contribution in [2.24, 2.45) is 0 Å². The minimum Gasteiger partial charge on any atom is -0.494 e. The van der Waals surface area contributed by atoms with Crippen LogP contribution in [0.5, 0.6) is 5.75 Å². The molecule has 30 heavy (non-hydrogen) atoms. The van der Waals surface area contributed by atoms with Crippen LogP contribution in [0, 0.1) is 0 Å². The summed E-state index contributed by atoms with van der Waals surface area (Å²) in [4.78, 5) is 0. The van der Waals surface area contributed by atoms with Crippen LogP contribution in [0.2, 0.25) is 0 Å². The Bertz CT molecular complexity index is 870. The highest BCUT2D eigenvalue weighted by Crippen LogP contribution is 2.27. The first-order valence-electron chi connectivity index (χ1n) is 10.4. The molecular formula is C26H30O4. The number of rotatable bonds is 11. The highest BCUT2D eigenvalue weighted by Gasteiger charge is 2.08. The van der Waals surface area contributed by atoms with Crippen LogP contribution in [0.25, 0.3) is 22.3 Å². The van der Waals surface area contributed by atoms with Crippen molar-refractivity contribution in [2.75, 3.05) is 26.9 Å². The van der Waals surface area contributed by atoms with E-state index in [0.29, 0.717) is 13.2 Å². The maximum atomic E-state index is 10.1. The molecule has 4 nitrogen and oxygen atoms in total. The lowest BCUT2D eigenvalue weighted by atomic mass is 9.99. The molecule has 3 aromatic rings. The normalized spacial score (nSPS) is 12.0. The summed E-state index contributed by atoms with van der Waals surface area (Å²) in [7, 11) is 1.61. The molecular weight excluding hydrogens is 376 g/mol. The van der Waals surface area contributed by atoms with Crippen molar-refractivity contribution in [3.8, 4) is 28.0 Å². The van der Waals surface area contributed by atoms with Crippen molar-refractivity contribution in [2.45, 2.75) is 26.1 Å². The lowest BCUT2D eigenvalue weighted by molar-refractivity contribution is -0.113. The summed E-state index contributed by atoms with van der Waals surface area (Å²) in [5.74, 6) is 0.914. The Morgan fingerprint density at radius 2 is 1.20 bits per heavy atom. The summed E-state index contributed by atoms with van der Waals surface area (Å²) in [6, 6.07) is 24.5. The van der Waals surface area contributed by atoms with E-state index in [4.69, 9.17) is 14.2 Å². The monoisotopic (exact) mass is 406 g/mol. The number of hydrogen-bond donors (Lipinski definition) is 1. The molecule has 0 heterocycles. The van der Waals surface area contributed by atoms with Gasteiger partial charge in [0.2, 0.25) is 0 Å². The average Bonchev–Trinajstić information content (AvgIpc) is 2.80. The van der Waals surface area contributed by atoms with Crippen LogP contribution in [-0.2, 0) is 9.47 Å². The van der Waals surface area contributed by atoms with Gasteiger partial charge in [-0.2, -0.15) is 0 Å². The first-order valence-corrected chi connectivity index (χ1v) is 10.4. The molecule has 0 aromatic heterocycles. The Balaban J connectivity index is 1.62. The number of aliphatic hydroxyl groups is 1. The fourth-order valence-corrected chi connectivity index (χ4v) is 3.11. The van der Waals surface area contributed by atoms with Crippen molar-refractivity contribution in [1.29, 1.82) is 0 Å².